The molecule has 1 N–H and O–H groups in total. The third-order valence-corrected chi connectivity index (χ3v) is 3.66. The van der Waals surface area contributed by atoms with Crippen molar-refractivity contribution < 1.29 is 9.53 Å². The van der Waals surface area contributed by atoms with Crippen LogP contribution in [0.4, 0.5) is 0 Å². The maximum Gasteiger partial charge on any atom is 0.280 e. The van der Waals surface area contributed by atoms with Gasteiger partial charge in [-0.1, -0.05) is 50.2 Å². The number of aryl methyl sites for hydroxylation is 1. The zero-order valence-corrected chi connectivity index (χ0v) is 14.6. The minimum absolute atomic E-state index is 0.286. The average molecular weight is 324 g/mol. The van der Waals surface area contributed by atoms with Crippen LogP contribution < -0.4 is 10.2 Å². The van der Waals surface area contributed by atoms with Gasteiger partial charge in [-0.25, -0.2) is 5.43 Å². The molecule has 4 heteroatoms. The van der Waals surface area contributed by atoms with Gasteiger partial charge < -0.3 is 4.74 Å². The molecule has 0 aliphatic carbocycles. The van der Waals surface area contributed by atoms with Crippen molar-refractivity contribution in [2.45, 2.75) is 39.7 Å². The summed E-state index contributed by atoms with van der Waals surface area (Å²) in [6, 6.07) is 15.7. The number of benzene rings is 2. The number of carbonyl (C=O) groups excluding carboxylic acids is 1. The first kappa shape index (κ1) is 17.7. The predicted molar refractivity (Wildman–Crippen MR) is 97.5 cm³/mol. The summed E-state index contributed by atoms with van der Waals surface area (Å²) in [5, 5.41) is 3.99. The van der Waals surface area contributed by atoms with E-state index >= 15 is 0 Å². The Hall–Kier alpha value is -2.62. The Morgan fingerprint density at radius 2 is 1.83 bits per heavy atom. The zero-order valence-electron chi connectivity index (χ0n) is 14.6. The predicted octanol–water partition coefficient (Wildman–Crippen LogP) is 4.04. The zero-order chi connectivity index (χ0) is 17.5. The van der Waals surface area contributed by atoms with Crippen molar-refractivity contribution in [2.75, 3.05) is 0 Å². The van der Waals surface area contributed by atoms with E-state index in [2.05, 4.69) is 36.5 Å². The summed E-state index contributed by atoms with van der Waals surface area (Å²) in [6.45, 7) is 7.98. The summed E-state index contributed by atoms with van der Waals surface area (Å²) >= 11 is 0. The van der Waals surface area contributed by atoms with Crippen LogP contribution in [0.25, 0.3) is 0 Å². The lowest BCUT2D eigenvalue weighted by molar-refractivity contribution is -0.127. The lowest BCUT2D eigenvalue weighted by Crippen LogP contribution is -2.33. The van der Waals surface area contributed by atoms with E-state index in [1.54, 1.807) is 13.1 Å². The van der Waals surface area contributed by atoms with Gasteiger partial charge in [-0.3, -0.25) is 4.79 Å². The number of hydrogen-bond donors (Lipinski definition) is 1. The van der Waals surface area contributed by atoms with Gasteiger partial charge in [-0.15, -0.1) is 0 Å². The molecule has 0 fully saturated rings. The van der Waals surface area contributed by atoms with Crippen LogP contribution in [0.5, 0.6) is 5.75 Å². The Morgan fingerprint density at radius 1 is 1.12 bits per heavy atom. The molecule has 0 aliphatic heterocycles. The summed E-state index contributed by atoms with van der Waals surface area (Å²) in [4.78, 5) is 12.0. The van der Waals surface area contributed by atoms with E-state index in [0.29, 0.717) is 11.7 Å². The van der Waals surface area contributed by atoms with Crippen LogP contribution in [-0.2, 0) is 4.79 Å². The minimum Gasteiger partial charge on any atom is -0.481 e. The van der Waals surface area contributed by atoms with Crippen LogP contribution in [0.15, 0.2) is 53.6 Å². The second-order valence-electron chi connectivity index (χ2n) is 6.13. The quantitative estimate of drug-likeness (QED) is 0.644. The van der Waals surface area contributed by atoms with Crippen molar-refractivity contribution in [3.8, 4) is 5.75 Å². The second kappa shape index (κ2) is 8.29. The molecule has 0 aliphatic rings. The van der Waals surface area contributed by atoms with Gasteiger partial charge in [-0.2, -0.15) is 5.10 Å². The van der Waals surface area contributed by atoms with Crippen LogP contribution in [-0.4, -0.2) is 18.2 Å². The highest BCUT2D eigenvalue weighted by atomic mass is 16.5. The molecule has 0 radical (unpaired) electrons. The summed E-state index contributed by atoms with van der Waals surface area (Å²) in [7, 11) is 0. The SMILES string of the molecule is Cc1cccc(O[C@H](C)C(=O)N/N=C/c2ccc(C(C)C)cc2)c1. The molecular weight excluding hydrogens is 300 g/mol. The molecule has 0 spiro atoms. The maximum absolute atomic E-state index is 12.0. The Morgan fingerprint density at radius 3 is 2.46 bits per heavy atom. The van der Waals surface area contributed by atoms with Gasteiger partial charge in [0.1, 0.15) is 5.75 Å². The van der Waals surface area contributed by atoms with E-state index < -0.39 is 6.10 Å². The normalized spacial score (nSPS) is 12.4. The van der Waals surface area contributed by atoms with Crippen molar-refractivity contribution in [1.82, 2.24) is 5.43 Å². The Labute approximate surface area is 143 Å². The number of hydrazone groups is 1. The number of hydrogen-bond acceptors (Lipinski definition) is 3. The molecular formula is C20H24N2O2. The molecule has 0 saturated carbocycles. The Kier molecular flexibility index (Phi) is 6.13. The summed E-state index contributed by atoms with van der Waals surface area (Å²) < 4.78 is 5.62. The molecule has 0 unspecified atom stereocenters. The standard InChI is InChI=1S/C20H24N2O2/c1-14(2)18-10-8-17(9-11-18)13-21-22-20(23)16(4)24-19-7-5-6-15(3)12-19/h5-14,16H,1-4H3,(H,22,23)/b21-13+/t16-/m1/s1. The number of ether oxygens (including phenoxy) is 1. The number of nitrogens with one attached hydrogen (secondary N) is 1. The fourth-order valence-electron chi connectivity index (χ4n) is 2.17. The first-order chi connectivity index (χ1) is 11.5. The van der Waals surface area contributed by atoms with E-state index in [1.165, 1.54) is 5.56 Å². The molecule has 0 heterocycles. The molecule has 1 amide bonds. The smallest absolute Gasteiger partial charge is 0.280 e. The molecule has 1 atom stereocenters. The van der Waals surface area contributed by atoms with Crippen LogP contribution in [0.2, 0.25) is 0 Å². The third kappa shape index (κ3) is 5.23. The van der Waals surface area contributed by atoms with Crippen molar-refractivity contribution in [1.29, 1.82) is 0 Å². The highest BCUT2D eigenvalue weighted by Gasteiger charge is 2.13. The molecule has 2 aromatic carbocycles. The van der Waals surface area contributed by atoms with Crippen LogP contribution in [0, 0.1) is 6.92 Å². The Bertz CT molecular complexity index is 706. The lowest BCUT2D eigenvalue weighted by atomic mass is 10.0. The van der Waals surface area contributed by atoms with Gasteiger partial charge in [0, 0.05) is 0 Å². The van der Waals surface area contributed by atoms with Gasteiger partial charge in [0.2, 0.25) is 0 Å². The number of rotatable bonds is 6. The van der Waals surface area contributed by atoms with Crippen molar-refractivity contribution in [2.24, 2.45) is 5.10 Å². The number of amides is 1. The van der Waals surface area contributed by atoms with E-state index in [9.17, 15) is 4.79 Å². The summed E-state index contributed by atoms with van der Waals surface area (Å²) in [5.41, 5.74) is 5.81. The van der Waals surface area contributed by atoms with Crippen LogP contribution in [0.3, 0.4) is 0 Å². The highest BCUT2D eigenvalue weighted by Crippen LogP contribution is 2.15. The van der Waals surface area contributed by atoms with Gasteiger partial charge in [0.25, 0.3) is 5.91 Å². The van der Waals surface area contributed by atoms with Crippen molar-refractivity contribution >= 4 is 12.1 Å². The van der Waals surface area contributed by atoms with Gasteiger partial charge in [0.15, 0.2) is 6.10 Å². The molecule has 4 nitrogen and oxygen atoms in total. The number of carbonyl (C=O) groups is 1. The molecule has 2 aromatic rings. The first-order valence-corrected chi connectivity index (χ1v) is 8.12. The van der Waals surface area contributed by atoms with E-state index in [1.807, 2.05) is 43.3 Å². The molecule has 0 aromatic heterocycles. The van der Waals surface area contributed by atoms with Crippen molar-refractivity contribution in [3.63, 3.8) is 0 Å². The lowest BCUT2D eigenvalue weighted by Gasteiger charge is -2.13. The topological polar surface area (TPSA) is 50.7 Å². The van der Waals surface area contributed by atoms with Gasteiger partial charge in [-0.05, 0) is 48.6 Å². The monoisotopic (exact) mass is 324 g/mol. The first-order valence-electron chi connectivity index (χ1n) is 8.12. The highest BCUT2D eigenvalue weighted by molar-refractivity contribution is 5.84. The molecule has 24 heavy (non-hydrogen) atoms. The fourth-order valence-corrected chi connectivity index (χ4v) is 2.17. The van der Waals surface area contributed by atoms with Crippen molar-refractivity contribution in [3.05, 3.63) is 65.2 Å². The van der Waals surface area contributed by atoms with Crippen LogP contribution in [0.1, 0.15) is 43.4 Å². The average Bonchev–Trinajstić information content (AvgIpc) is 2.55. The molecule has 126 valence electrons. The fraction of sp³-hybridized carbons (Fsp3) is 0.300. The van der Waals surface area contributed by atoms with Gasteiger partial charge >= 0.3 is 0 Å². The second-order valence-corrected chi connectivity index (χ2v) is 6.13. The molecule has 2 rings (SSSR count). The molecule has 0 saturated heterocycles. The summed E-state index contributed by atoms with van der Waals surface area (Å²) in [6.07, 6.45) is 1.01. The minimum atomic E-state index is -0.618. The largest absolute Gasteiger partial charge is 0.481 e. The van der Waals surface area contributed by atoms with E-state index in [0.717, 1.165) is 11.1 Å². The van der Waals surface area contributed by atoms with E-state index in [-0.39, 0.29) is 5.91 Å². The number of nitrogens with zero attached hydrogens (tertiary/aromatic N) is 1. The summed E-state index contributed by atoms with van der Waals surface area (Å²) in [5.74, 6) is 0.882. The van der Waals surface area contributed by atoms with Gasteiger partial charge in [0.05, 0.1) is 6.21 Å². The Balaban J connectivity index is 1.87. The maximum atomic E-state index is 12.0. The molecule has 0 bridgehead atoms. The van der Waals surface area contributed by atoms with Crippen LogP contribution >= 0.6 is 0 Å². The van der Waals surface area contributed by atoms with E-state index in [4.69, 9.17) is 4.74 Å². The third-order valence-electron chi connectivity index (χ3n) is 3.66.